The monoisotopic (exact) mass is 268 g/mol. The molecule has 4 heteroatoms. The van der Waals surface area contributed by atoms with E-state index in [9.17, 15) is 0 Å². The number of phenolic OH excluding ortho intramolecular Hbond substituents is 1. The Morgan fingerprint density at radius 3 is 1.06 bits per heavy atom. The van der Waals surface area contributed by atoms with Crippen LogP contribution in [0.1, 0.15) is 0 Å². The molecule has 0 spiro atoms. The summed E-state index contributed by atoms with van der Waals surface area (Å²) in [6.07, 6.45) is 0. The highest BCUT2D eigenvalue weighted by atomic mass is 32.1. The molecule has 0 amide bonds. The van der Waals surface area contributed by atoms with E-state index in [-0.39, 0.29) is 5.75 Å². The lowest BCUT2D eigenvalue weighted by Crippen LogP contribution is -1.63. The number of hydrogen-bond acceptors (Lipinski definition) is 4. The zero-order chi connectivity index (χ0) is 12.0. The van der Waals surface area contributed by atoms with Crippen molar-refractivity contribution in [3.8, 4) is 5.75 Å². The van der Waals surface area contributed by atoms with Crippen molar-refractivity contribution in [2.75, 3.05) is 0 Å². The number of phenols is 1. The Morgan fingerprint density at radius 1 is 0.562 bits per heavy atom. The van der Waals surface area contributed by atoms with Gasteiger partial charge in [-0.05, 0) is 48.5 Å². The normalized spacial score (nSPS) is 9.19. The highest BCUT2D eigenvalue weighted by Crippen LogP contribution is 2.11. The molecule has 1 nitrogen and oxygen atoms in total. The summed E-state index contributed by atoms with van der Waals surface area (Å²) >= 11 is 12.2. The second-order valence-corrected chi connectivity index (χ2v) is 4.58. The zero-order valence-electron chi connectivity index (χ0n) is 8.41. The van der Waals surface area contributed by atoms with Crippen LogP contribution in [-0.2, 0) is 0 Å². The van der Waals surface area contributed by atoms with E-state index in [0.29, 0.717) is 0 Å². The van der Waals surface area contributed by atoms with Crippen molar-refractivity contribution in [1.29, 1.82) is 0 Å². The third-order valence-electron chi connectivity index (χ3n) is 1.70. The van der Waals surface area contributed by atoms with Crippen LogP contribution in [0.3, 0.4) is 0 Å². The second-order valence-electron chi connectivity index (χ2n) is 3.03. The number of thiol groups is 3. The van der Waals surface area contributed by atoms with Gasteiger partial charge in [0.25, 0.3) is 0 Å². The van der Waals surface area contributed by atoms with Crippen molar-refractivity contribution < 1.29 is 5.11 Å². The molecular formula is C12H12OS3. The Morgan fingerprint density at radius 2 is 0.812 bits per heavy atom. The Labute approximate surface area is 112 Å². The quantitative estimate of drug-likeness (QED) is 0.533. The van der Waals surface area contributed by atoms with Crippen LogP contribution in [0.25, 0.3) is 0 Å². The SMILES string of the molecule is Oc1ccc(S)cc1.Sc1ccc(S)cc1. The van der Waals surface area contributed by atoms with Crippen molar-refractivity contribution in [1.82, 2.24) is 0 Å². The third-order valence-corrected chi connectivity index (χ3v) is 2.59. The van der Waals surface area contributed by atoms with E-state index in [1.54, 1.807) is 24.3 Å². The highest BCUT2D eigenvalue weighted by molar-refractivity contribution is 7.80. The molecule has 84 valence electrons. The molecule has 0 aliphatic heterocycles. The van der Waals surface area contributed by atoms with Crippen molar-refractivity contribution in [2.45, 2.75) is 14.7 Å². The molecule has 0 aliphatic carbocycles. The summed E-state index contributed by atoms with van der Waals surface area (Å²) in [5.74, 6) is 0.280. The lowest BCUT2D eigenvalue weighted by Gasteiger charge is -1.88. The molecule has 0 atom stereocenters. The Kier molecular flexibility index (Phi) is 5.66. The van der Waals surface area contributed by atoms with Gasteiger partial charge in [-0.15, -0.1) is 37.9 Å². The van der Waals surface area contributed by atoms with Crippen LogP contribution >= 0.6 is 37.9 Å². The van der Waals surface area contributed by atoms with Gasteiger partial charge in [0.1, 0.15) is 5.75 Å². The summed E-state index contributed by atoms with van der Waals surface area (Å²) in [6, 6.07) is 14.3. The van der Waals surface area contributed by atoms with Gasteiger partial charge in [-0.2, -0.15) is 0 Å². The molecule has 16 heavy (non-hydrogen) atoms. The van der Waals surface area contributed by atoms with Gasteiger partial charge in [-0.3, -0.25) is 0 Å². The molecule has 0 aliphatic rings. The standard InChI is InChI=1S/C6H6OS.C6H6S2/c7-5-1-3-6(8)4-2-5;7-5-1-2-6(8)4-3-5/h2*1-4,7-8H. The van der Waals surface area contributed by atoms with Crippen molar-refractivity contribution in [2.24, 2.45) is 0 Å². The number of rotatable bonds is 0. The average molecular weight is 268 g/mol. The van der Waals surface area contributed by atoms with E-state index in [1.165, 1.54) is 0 Å². The molecular weight excluding hydrogens is 256 g/mol. The maximum Gasteiger partial charge on any atom is 0.115 e. The van der Waals surface area contributed by atoms with E-state index in [2.05, 4.69) is 37.9 Å². The third kappa shape index (κ3) is 5.39. The van der Waals surface area contributed by atoms with Gasteiger partial charge in [0.15, 0.2) is 0 Å². The van der Waals surface area contributed by atoms with E-state index < -0.39 is 0 Å². The first-order chi connectivity index (χ1) is 7.58. The topological polar surface area (TPSA) is 20.2 Å². The molecule has 0 saturated carbocycles. The largest absolute Gasteiger partial charge is 0.508 e. The molecule has 2 rings (SSSR count). The zero-order valence-corrected chi connectivity index (χ0v) is 11.1. The Bertz CT molecular complexity index is 338. The van der Waals surface area contributed by atoms with Crippen LogP contribution in [0.4, 0.5) is 0 Å². The van der Waals surface area contributed by atoms with Crippen LogP contribution < -0.4 is 0 Å². The van der Waals surface area contributed by atoms with E-state index in [0.717, 1.165) is 14.7 Å². The molecule has 0 unspecified atom stereocenters. The van der Waals surface area contributed by atoms with Gasteiger partial charge in [-0.1, -0.05) is 0 Å². The van der Waals surface area contributed by atoms with E-state index >= 15 is 0 Å². The summed E-state index contributed by atoms with van der Waals surface area (Å²) in [5, 5.41) is 8.72. The lowest BCUT2D eigenvalue weighted by molar-refractivity contribution is 0.475. The smallest absolute Gasteiger partial charge is 0.115 e. The number of aromatic hydroxyl groups is 1. The fourth-order valence-electron chi connectivity index (χ4n) is 0.905. The van der Waals surface area contributed by atoms with Crippen molar-refractivity contribution in [3.63, 3.8) is 0 Å². The first-order valence-electron chi connectivity index (χ1n) is 4.54. The number of benzene rings is 2. The molecule has 0 aromatic heterocycles. The fourth-order valence-corrected chi connectivity index (χ4v) is 1.35. The molecule has 2 aromatic rings. The minimum absolute atomic E-state index is 0.280. The average Bonchev–Trinajstić information content (AvgIpc) is 2.28. The summed E-state index contributed by atoms with van der Waals surface area (Å²) in [5.41, 5.74) is 0. The van der Waals surface area contributed by atoms with Crippen LogP contribution in [0, 0.1) is 0 Å². The van der Waals surface area contributed by atoms with Crippen LogP contribution in [0.5, 0.6) is 5.75 Å². The minimum atomic E-state index is 0.280. The predicted octanol–water partition coefficient (Wildman–Crippen LogP) is 3.94. The summed E-state index contributed by atoms with van der Waals surface area (Å²) < 4.78 is 0. The predicted molar refractivity (Wildman–Crippen MR) is 76.3 cm³/mol. The van der Waals surface area contributed by atoms with E-state index in [4.69, 9.17) is 5.11 Å². The maximum absolute atomic E-state index is 8.72. The van der Waals surface area contributed by atoms with Gasteiger partial charge >= 0.3 is 0 Å². The Balaban J connectivity index is 0.000000160. The first-order valence-corrected chi connectivity index (χ1v) is 5.88. The van der Waals surface area contributed by atoms with Crippen LogP contribution in [-0.4, -0.2) is 5.11 Å². The first kappa shape index (κ1) is 13.4. The van der Waals surface area contributed by atoms with Gasteiger partial charge < -0.3 is 5.11 Å². The summed E-state index contributed by atoms with van der Waals surface area (Å²) in [4.78, 5) is 2.81. The van der Waals surface area contributed by atoms with Crippen molar-refractivity contribution >= 4 is 37.9 Å². The molecule has 2 aromatic carbocycles. The van der Waals surface area contributed by atoms with Crippen LogP contribution in [0.2, 0.25) is 0 Å². The fraction of sp³-hybridized carbons (Fsp3) is 0. The summed E-state index contributed by atoms with van der Waals surface area (Å²) in [7, 11) is 0. The molecule has 0 saturated heterocycles. The molecule has 0 radical (unpaired) electrons. The van der Waals surface area contributed by atoms with Crippen LogP contribution in [0.15, 0.2) is 63.2 Å². The van der Waals surface area contributed by atoms with E-state index in [1.807, 2.05) is 24.3 Å². The molecule has 1 N–H and O–H groups in total. The molecule has 0 fully saturated rings. The van der Waals surface area contributed by atoms with Gasteiger partial charge in [0.2, 0.25) is 0 Å². The maximum atomic E-state index is 8.72. The van der Waals surface area contributed by atoms with Gasteiger partial charge in [-0.25, -0.2) is 0 Å². The minimum Gasteiger partial charge on any atom is -0.508 e. The van der Waals surface area contributed by atoms with Gasteiger partial charge in [0, 0.05) is 14.7 Å². The molecule has 0 bridgehead atoms. The lowest BCUT2D eigenvalue weighted by atomic mass is 10.3. The summed E-state index contributed by atoms with van der Waals surface area (Å²) in [6.45, 7) is 0. The highest BCUT2D eigenvalue weighted by Gasteiger charge is 1.83. The number of hydrogen-bond donors (Lipinski definition) is 4. The second kappa shape index (κ2) is 6.78. The molecule has 0 heterocycles. The van der Waals surface area contributed by atoms with Crippen molar-refractivity contribution in [3.05, 3.63) is 48.5 Å². The van der Waals surface area contributed by atoms with Gasteiger partial charge in [0.05, 0.1) is 0 Å². The Hall–Kier alpha value is -0.710.